The summed E-state index contributed by atoms with van der Waals surface area (Å²) >= 11 is 0. The van der Waals surface area contributed by atoms with Gasteiger partial charge in [0.2, 0.25) is 11.8 Å². The number of hydrogen-bond acceptors (Lipinski definition) is 6. The van der Waals surface area contributed by atoms with Crippen LogP contribution < -0.4 is 10.6 Å². The third kappa shape index (κ3) is 8.29. The molecule has 0 aromatic heterocycles. The molecule has 0 radical (unpaired) electrons. The van der Waals surface area contributed by atoms with Crippen molar-refractivity contribution in [2.24, 2.45) is 5.92 Å². The van der Waals surface area contributed by atoms with Crippen molar-refractivity contribution in [1.82, 2.24) is 15.5 Å². The number of rotatable bonds is 8. The van der Waals surface area contributed by atoms with Crippen LogP contribution in [0.5, 0.6) is 5.75 Å². The molecule has 182 valence electrons. The summed E-state index contributed by atoms with van der Waals surface area (Å²) in [5, 5.41) is 24.8. The quantitative estimate of drug-likeness (QED) is 0.511. The number of nitrogens with zero attached hydrogens (tertiary/aromatic N) is 2. The molecule has 2 atom stereocenters. The van der Waals surface area contributed by atoms with Crippen LogP contribution in [0.15, 0.2) is 18.2 Å². The Balaban J connectivity index is 3.46. The number of carbonyl (C=O) groups is 3. The summed E-state index contributed by atoms with van der Waals surface area (Å²) in [7, 11) is 0. The Morgan fingerprint density at radius 2 is 1.76 bits per heavy atom. The smallest absolute Gasteiger partial charge is 0.408 e. The molecule has 0 spiro atoms. The summed E-state index contributed by atoms with van der Waals surface area (Å²) in [6.45, 7) is 13.5. The van der Waals surface area contributed by atoms with Crippen LogP contribution in [-0.4, -0.2) is 52.1 Å². The maximum atomic E-state index is 13.6. The Morgan fingerprint density at radius 1 is 1.15 bits per heavy atom. The van der Waals surface area contributed by atoms with E-state index < -0.39 is 35.6 Å². The standard InChI is InChI=1S/C24H36N4O5/c1-14(2)19(27-23(32)33-24(6,7)8)22(31)28(12-11-25)20(21(30)26-15(3)4)17-9-10-18(29)16(5)13-17/h9-10,13-15,19-20,29H,12H2,1-8H3,(H,26,30)(H,27,32). The Hall–Kier alpha value is -3.28. The van der Waals surface area contributed by atoms with E-state index in [9.17, 15) is 24.8 Å². The van der Waals surface area contributed by atoms with Crippen LogP contribution in [0.3, 0.4) is 0 Å². The first-order valence-electron chi connectivity index (χ1n) is 10.9. The van der Waals surface area contributed by atoms with Gasteiger partial charge in [0.1, 0.15) is 30.0 Å². The molecule has 1 rings (SSSR count). The average molecular weight is 461 g/mol. The Kier molecular flexibility index (Phi) is 9.71. The van der Waals surface area contributed by atoms with Crippen LogP contribution in [0.4, 0.5) is 4.79 Å². The highest BCUT2D eigenvalue weighted by Crippen LogP contribution is 2.27. The first-order valence-corrected chi connectivity index (χ1v) is 10.9. The third-order valence-electron chi connectivity index (χ3n) is 4.66. The van der Waals surface area contributed by atoms with Gasteiger partial charge in [-0.25, -0.2) is 4.79 Å². The Morgan fingerprint density at radius 3 is 2.21 bits per heavy atom. The van der Waals surface area contributed by atoms with Crippen LogP contribution in [0.2, 0.25) is 0 Å². The minimum atomic E-state index is -1.14. The molecule has 1 aromatic carbocycles. The fourth-order valence-corrected chi connectivity index (χ4v) is 3.18. The largest absolute Gasteiger partial charge is 0.508 e. The van der Waals surface area contributed by atoms with E-state index in [-0.39, 0.29) is 24.3 Å². The second-order valence-corrected chi connectivity index (χ2v) is 9.60. The summed E-state index contributed by atoms with van der Waals surface area (Å²) < 4.78 is 5.29. The summed E-state index contributed by atoms with van der Waals surface area (Å²) in [5.74, 6) is -1.36. The molecular weight excluding hydrogens is 424 g/mol. The maximum absolute atomic E-state index is 13.6. The molecule has 33 heavy (non-hydrogen) atoms. The summed E-state index contributed by atoms with van der Waals surface area (Å²) in [6, 6.07) is 4.15. The Bertz CT molecular complexity index is 899. The molecule has 1 aromatic rings. The predicted octanol–water partition coefficient (Wildman–Crippen LogP) is 3.17. The average Bonchev–Trinajstić information content (AvgIpc) is 2.65. The highest BCUT2D eigenvalue weighted by molar-refractivity contribution is 5.92. The van der Waals surface area contributed by atoms with Crippen molar-refractivity contribution in [2.45, 2.75) is 79.1 Å². The molecular formula is C24H36N4O5. The van der Waals surface area contributed by atoms with Gasteiger partial charge in [-0.3, -0.25) is 9.59 Å². The highest BCUT2D eigenvalue weighted by atomic mass is 16.6. The van der Waals surface area contributed by atoms with E-state index in [1.807, 2.05) is 6.07 Å². The van der Waals surface area contributed by atoms with E-state index in [0.717, 1.165) is 4.90 Å². The predicted molar refractivity (Wildman–Crippen MR) is 124 cm³/mol. The molecule has 9 heteroatoms. The molecule has 3 N–H and O–H groups in total. The van der Waals surface area contributed by atoms with Crippen molar-refractivity contribution in [3.63, 3.8) is 0 Å². The molecule has 0 aliphatic carbocycles. The number of aromatic hydroxyl groups is 1. The van der Waals surface area contributed by atoms with Crippen molar-refractivity contribution in [1.29, 1.82) is 5.26 Å². The number of phenols is 1. The van der Waals surface area contributed by atoms with E-state index in [1.165, 1.54) is 12.1 Å². The van der Waals surface area contributed by atoms with Crippen molar-refractivity contribution < 1.29 is 24.2 Å². The van der Waals surface area contributed by atoms with Gasteiger partial charge in [-0.1, -0.05) is 19.9 Å². The van der Waals surface area contributed by atoms with Crippen molar-refractivity contribution in [3.05, 3.63) is 29.3 Å². The number of carbonyl (C=O) groups excluding carboxylic acids is 3. The molecule has 3 amide bonds. The van der Waals surface area contributed by atoms with Gasteiger partial charge in [-0.2, -0.15) is 5.26 Å². The number of nitrogens with one attached hydrogen (secondary N) is 2. The van der Waals surface area contributed by atoms with E-state index in [0.29, 0.717) is 11.1 Å². The SMILES string of the molecule is Cc1cc(C(C(=O)NC(C)C)N(CC#N)C(=O)C(NC(=O)OC(C)(C)C)C(C)C)ccc1O. The second kappa shape index (κ2) is 11.5. The zero-order valence-electron chi connectivity index (χ0n) is 20.7. The van der Waals surface area contributed by atoms with Gasteiger partial charge in [0.25, 0.3) is 0 Å². The number of phenolic OH excluding ortho intramolecular Hbond substituents is 1. The number of benzene rings is 1. The van der Waals surface area contributed by atoms with Crippen molar-refractivity contribution >= 4 is 17.9 Å². The van der Waals surface area contributed by atoms with Crippen LogP contribution >= 0.6 is 0 Å². The van der Waals surface area contributed by atoms with Gasteiger partial charge in [-0.15, -0.1) is 0 Å². The number of aryl methyl sites for hydroxylation is 1. The summed E-state index contributed by atoms with van der Waals surface area (Å²) in [5.41, 5.74) is 0.197. The number of amides is 3. The fourth-order valence-electron chi connectivity index (χ4n) is 3.18. The monoisotopic (exact) mass is 460 g/mol. The first kappa shape index (κ1) is 27.8. The fraction of sp³-hybridized carbons (Fsp3) is 0.583. The zero-order valence-corrected chi connectivity index (χ0v) is 20.7. The van der Waals surface area contributed by atoms with E-state index in [4.69, 9.17) is 4.74 Å². The molecule has 0 bridgehead atoms. The number of nitriles is 1. The molecule has 0 aliphatic heterocycles. The summed E-state index contributed by atoms with van der Waals surface area (Å²) in [4.78, 5) is 40.3. The molecule has 0 saturated carbocycles. The van der Waals surface area contributed by atoms with Crippen LogP contribution in [-0.2, 0) is 14.3 Å². The van der Waals surface area contributed by atoms with Crippen molar-refractivity contribution in [2.75, 3.05) is 6.54 Å². The maximum Gasteiger partial charge on any atom is 0.408 e. The lowest BCUT2D eigenvalue weighted by atomic mass is 9.97. The molecule has 2 unspecified atom stereocenters. The highest BCUT2D eigenvalue weighted by Gasteiger charge is 2.37. The lowest BCUT2D eigenvalue weighted by molar-refractivity contribution is -0.142. The van der Waals surface area contributed by atoms with Crippen LogP contribution in [0, 0.1) is 24.2 Å². The minimum Gasteiger partial charge on any atom is -0.508 e. The van der Waals surface area contributed by atoms with Gasteiger partial charge < -0.3 is 25.4 Å². The van der Waals surface area contributed by atoms with Gasteiger partial charge in [0.15, 0.2) is 0 Å². The number of hydrogen-bond donors (Lipinski definition) is 3. The Labute approximate surface area is 196 Å². The third-order valence-corrected chi connectivity index (χ3v) is 4.66. The number of alkyl carbamates (subject to hydrolysis) is 1. The molecule has 9 nitrogen and oxygen atoms in total. The second-order valence-electron chi connectivity index (χ2n) is 9.60. The van der Waals surface area contributed by atoms with E-state index in [2.05, 4.69) is 10.6 Å². The lowest BCUT2D eigenvalue weighted by Crippen LogP contribution is -2.55. The van der Waals surface area contributed by atoms with Crippen LogP contribution in [0.1, 0.15) is 65.6 Å². The topological polar surface area (TPSA) is 132 Å². The van der Waals surface area contributed by atoms with Gasteiger partial charge in [-0.05, 0) is 70.7 Å². The molecule has 0 heterocycles. The molecule has 0 fully saturated rings. The van der Waals surface area contributed by atoms with Crippen molar-refractivity contribution in [3.8, 4) is 11.8 Å². The lowest BCUT2D eigenvalue weighted by Gasteiger charge is -2.34. The van der Waals surface area contributed by atoms with E-state index >= 15 is 0 Å². The summed E-state index contributed by atoms with van der Waals surface area (Å²) in [6.07, 6.45) is -0.768. The zero-order chi connectivity index (χ0) is 25.5. The van der Waals surface area contributed by atoms with Gasteiger partial charge in [0, 0.05) is 6.04 Å². The van der Waals surface area contributed by atoms with Gasteiger partial charge in [0.05, 0.1) is 6.07 Å². The van der Waals surface area contributed by atoms with Crippen LogP contribution in [0.25, 0.3) is 0 Å². The molecule has 0 saturated heterocycles. The minimum absolute atomic E-state index is 0.0478. The molecule has 0 aliphatic rings. The first-order chi connectivity index (χ1) is 15.2. The normalized spacial score (nSPS) is 13.1. The number of ether oxygens (including phenoxy) is 1. The van der Waals surface area contributed by atoms with E-state index in [1.54, 1.807) is 61.5 Å². The van der Waals surface area contributed by atoms with Gasteiger partial charge >= 0.3 is 6.09 Å².